The summed E-state index contributed by atoms with van der Waals surface area (Å²) in [7, 11) is 0. The molecule has 0 saturated heterocycles. The number of hydrogen-bond donors (Lipinski definition) is 3. The standard InChI is InChI=1S/C12H24N2O2/c1-2-10(13)7-11(16)14-8-12(9-15)5-3-4-6-12/h10,15H,2-9,13H2,1H3,(H,14,16). The zero-order chi connectivity index (χ0) is 12.0. The molecule has 0 aromatic heterocycles. The lowest BCUT2D eigenvalue weighted by Crippen LogP contribution is -2.40. The quantitative estimate of drug-likeness (QED) is 0.629. The normalized spacial score (nSPS) is 20.7. The second-order valence-electron chi connectivity index (χ2n) is 5.01. The van der Waals surface area contributed by atoms with Crippen molar-refractivity contribution in [2.24, 2.45) is 11.1 Å². The summed E-state index contributed by atoms with van der Waals surface area (Å²) in [6, 6.07) is -0.0475. The summed E-state index contributed by atoms with van der Waals surface area (Å²) in [6.07, 6.45) is 5.56. The van der Waals surface area contributed by atoms with Crippen LogP contribution in [0, 0.1) is 5.41 Å². The van der Waals surface area contributed by atoms with Gasteiger partial charge >= 0.3 is 0 Å². The minimum atomic E-state index is -0.0635. The lowest BCUT2D eigenvalue weighted by atomic mass is 9.87. The first kappa shape index (κ1) is 13.5. The molecule has 1 atom stereocenters. The van der Waals surface area contributed by atoms with Crippen LogP contribution in [0.2, 0.25) is 0 Å². The highest BCUT2D eigenvalue weighted by atomic mass is 16.3. The summed E-state index contributed by atoms with van der Waals surface area (Å²) in [4.78, 5) is 11.6. The van der Waals surface area contributed by atoms with Crippen LogP contribution in [0.3, 0.4) is 0 Å². The van der Waals surface area contributed by atoms with E-state index in [9.17, 15) is 9.90 Å². The molecular formula is C12H24N2O2. The highest BCUT2D eigenvalue weighted by Crippen LogP contribution is 2.36. The Hall–Kier alpha value is -0.610. The molecule has 0 aromatic carbocycles. The molecule has 0 radical (unpaired) electrons. The topological polar surface area (TPSA) is 75.4 Å². The van der Waals surface area contributed by atoms with Crippen molar-refractivity contribution in [3.63, 3.8) is 0 Å². The van der Waals surface area contributed by atoms with Gasteiger partial charge in [-0.25, -0.2) is 0 Å². The Kier molecular flexibility index (Phi) is 5.22. The Morgan fingerprint density at radius 3 is 2.62 bits per heavy atom. The van der Waals surface area contributed by atoms with Crippen LogP contribution >= 0.6 is 0 Å². The average molecular weight is 228 g/mol. The molecule has 1 saturated carbocycles. The fourth-order valence-electron chi connectivity index (χ4n) is 2.26. The molecule has 4 nitrogen and oxygen atoms in total. The van der Waals surface area contributed by atoms with Crippen molar-refractivity contribution in [2.75, 3.05) is 13.2 Å². The van der Waals surface area contributed by atoms with Gasteiger partial charge in [0.15, 0.2) is 0 Å². The zero-order valence-electron chi connectivity index (χ0n) is 10.2. The fourth-order valence-corrected chi connectivity index (χ4v) is 2.26. The van der Waals surface area contributed by atoms with Gasteiger partial charge in [0.05, 0.1) is 6.61 Å². The van der Waals surface area contributed by atoms with Gasteiger partial charge in [-0.15, -0.1) is 0 Å². The number of nitrogens with two attached hydrogens (primary N) is 1. The van der Waals surface area contributed by atoms with Crippen molar-refractivity contribution < 1.29 is 9.90 Å². The van der Waals surface area contributed by atoms with E-state index in [0.717, 1.165) is 32.1 Å². The summed E-state index contributed by atoms with van der Waals surface area (Å²) in [5, 5.41) is 12.3. The van der Waals surface area contributed by atoms with Crippen molar-refractivity contribution in [3.8, 4) is 0 Å². The minimum absolute atomic E-state index is 0.00840. The zero-order valence-corrected chi connectivity index (χ0v) is 10.2. The van der Waals surface area contributed by atoms with Crippen LogP contribution in [-0.2, 0) is 4.79 Å². The van der Waals surface area contributed by atoms with E-state index in [-0.39, 0.29) is 24.0 Å². The van der Waals surface area contributed by atoms with E-state index in [0.29, 0.717) is 13.0 Å². The number of hydrogen-bond acceptors (Lipinski definition) is 3. The molecule has 4 heteroatoms. The van der Waals surface area contributed by atoms with Crippen molar-refractivity contribution >= 4 is 5.91 Å². The number of carbonyl (C=O) groups excluding carboxylic acids is 1. The number of nitrogens with one attached hydrogen (secondary N) is 1. The predicted molar refractivity (Wildman–Crippen MR) is 63.9 cm³/mol. The van der Waals surface area contributed by atoms with Gasteiger partial charge in [-0.05, 0) is 19.3 Å². The molecule has 0 bridgehead atoms. The number of aliphatic hydroxyl groups is 1. The SMILES string of the molecule is CCC(N)CC(=O)NCC1(CO)CCCC1. The third-order valence-corrected chi connectivity index (χ3v) is 3.63. The van der Waals surface area contributed by atoms with Crippen LogP contribution in [0.4, 0.5) is 0 Å². The largest absolute Gasteiger partial charge is 0.396 e. The summed E-state index contributed by atoms with van der Waals surface area (Å²) in [5.41, 5.74) is 5.65. The van der Waals surface area contributed by atoms with Gasteiger partial charge in [-0.3, -0.25) is 4.79 Å². The Morgan fingerprint density at radius 1 is 1.50 bits per heavy atom. The van der Waals surface area contributed by atoms with E-state index in [1.54, 1.807) is 0 Å². The maximum Gasteiger partial charge on any atom is 0.221 e. The lowest BCUT2D eigenvalue weighted by molar-refractivity contribution is -0.122. The third kappa shape index (κ3) is 3.76. The van der Waals surface area contributed by atoms with Crippen LogP contribution in [-0.4, -0.2) is 30.2 Å². The highest BCUT2D eigenvalue weighted by molar-refractivity contribution is 5.76. The van der Waals surface area contributed by atoms with Gasteiger partial charge < -0.3 is 16.2 Å². The monoisotopic (exact) mass is 228 g/mol. The molecule has 0 aromatic rings. The molecule has 1 fully saturated rings. The Balaban J connectivity index is 2.29. The first-order chi connectivity index (χ1) is 7.62. The number of rotatable bonds is 6. The van der Waals surface area contributed by atoms with E-state index in [1.165, 1.54) is 0 Å². The Morgan fingerprint density at radius 2 is 2.12 bits per heavy atom. The van der Waals surface area contributed by atoms with Crippen LogP contribution in [0.1, 0.15) is 45.4 Å². The van der Waals surface area contributed by atoms with Crippen molar-refractivity contribution in [3.05, 3.63) is 0 Å². The maximum atomic E-state index is 11.6. The Bertz CT molecular complexity index is 225. The van der Waals surface area contributed by atoms with Crippen molar-refractivity contribution in [2.45, 2.75) is 51.5 Å². The van der Waals surface area contributed by atoms with Crippen LogP contribution < -0.4 is 11.1 Å². The first-order valence-electron chi connectivity index (χ1n) is 6.25. The van der Waals surface area contributed by atoms with E-state index >= 15 is 0 Å². The molecule has 16 heavy (non-hydrogen) atoms. The highest BCUT2D eigenvalue weighted by Gasteiger charge is 2.33. The Labute approximate surface area is 97.6 Å². The molecule has 1 aliphatic carbocycles. The second-order valence-corrected chi connectivity index (χ2v) is 5.01. The van der Waals surface area contributed by atoms with Crippen molar-refractivity contribution in [1.29, 1.82) is 0 Å². The van der Waals surface area contributed by atoms with Crippen molar-refractivity contribution in [1.82, 2.24) is 5.32 Å². The smallest absolute Gasteiger partial charge is 0.221 e. The summed E-state index contributed by atoms with van der Waals surface area (Å²) < 4.78 is 0. The van der Waals surface area contributed by atoms with Crippen LogP contribution in [0.5, 0.6) is 0 Å². The van der Waals surface area contributed by atoms with E-state index in [1.807, 2.05) is 6.92 Å². The fraction of sp³-hybridized carbons (Fsp3) is 0.917. The van der Waals surface area contributed by atoms with Gasteiger partial charge in [-0.2, -0.15) is 0 Å². The van der Waals surface area contributed by atoms with E-state index in [2.05, 4.69) is 5.32 Å². The number of aliphatic hydroxyl groups excluding tert-OH is 1. The molecule has 1 unspecified atom stereocenters. The van der Waals surface area contributed by atoms with Gasteiger partial charge in [0, 0.05) is 24.4 Å². The number of carbonyl (C=O) groups is 1. The van der Waals surface area contributed by atoms with Gasteiger partial charge in [0.2, 0.25) is 5.91 Å². The van der Waals surface area contributed by atoms with E-state index < -0.39 is 0 Å². The molecule has 0 heterocycles. The van der Waals surface area contributed by atoms with Crippen LogP contribution in [0.15, 0.2) is 0 Å². The maximum absolute atomic E-state index is 11.6. The summed E-state index contributed by atoms with van der Waals surface area (Å²) >= 11 is 0. The summed E-state index contributed by atoms with van der Waals surface area (Å²) in [6.45, 7) is 2.75. The third-order valence-electron chi connectivity index (χ3n) is 3.63. The van der Waals surface area contributed by atoms with Gasteiger partial charge in [-0.1, -0.05) is 19.8 Å². The molecule has 0 aliphatic heterocycles. The lowest BCUT2D eigenvalue weighted by Gasteiger charge is -2.26. The average Bonchev–Trinajstić information content (AvgIpc) is 2.75. The molecular weight excluding hydrogens is 204 g/mol. The molecule has 1 amide bonds. The number of amides is 1. The molecule has 0 spiro atoms. The van der Waals surface area contributed by atoms with E-state index in [4.69, 9.17) is 5.73 Å². The molecule has 94 valence electrons. The van der Waals surface area contributed by atoms with Gasteiger partial charge in [0.25, 0.3) is 0 Å². The molecule has 1 rings (SSSR count). The molecule has 1 aliphatic rings. The predicted octanol–water partition coefficient (Wildman–Crippen LogP) is 0.783. The van der Waals surface area contributed by atoms with Gasteiger partial charge in [0.1, 0.15) is 0 Å². The first-order valence-corrected chi connectivity index (χ1v) is 6.25. The minimum Gasteiger partial charge on any atom is -0.396 e. The second kappa shape index (κ2) is 6.21. The summed E-state index contributed by atoms with van der Waals surface area (Å²) in [5.74, 6) is 0.00840. The van der Waals surface area contributed by atoms with Crippen LogP contribution in [0.25, 0.3) is 0 Å². The molecule has 4 N–H and O–H groups in total.